The van der Waals surface area contributed by atoms with Crippen LogP contribution in [0.2, 0.25) is 0 Å². The van der Waals surface area contributed by atoms with Crippen LogP contribution in [-0.4, -0.2) is 16.5 Å². The zero-order valence-electron chi connectivity index (χ0n) is 4.46. The fourth-order valence-electron chi connectivity index (χ4n) is 0.475. The third kappa shape index (κ3) is 0.795. The van der Waals surface area contributed by atoms with Crippen LogP contribution in [0.4, 0.5) is 0 Å². The lowest BCUT2D eigenvalue weighted by molar-refractivity contribution is 0.111. The van der Waals surface area contributed by atoms with E-state index in [1.807, 2.05) is 0 Å². The smallest absolute Gasteiger partial charge is 0.169 e. The maximum absolute atomic E-state index is 10.0. The van der Waals surface area contributed by atoms with E-state index >= 15 is 0 Å². The molecule has 0 atom stereocenters. The zero-order valence-corrected chi connectivity index (χ0v) is 4.46. The fourth-order valence-corrected chi connectivity index (χ4v) is 0.475. The van der Waals surface area contributed by atoms with E-state index < -0.39 is 0 Å². The molecule has 1 rings (SSSR count). The Morgan fingerprint density at radius 3 is 3.11 bits per heavy atom. The number of carbonyl (C=O) groups excluding carboxylic acids is 1. The van der Waals surface area contributed by atoms with E-state index in [-0.39, 0.29) is 11.3 Å². The van der Waals surface area contributed by atoms with E-state index in [4.69, 9.17) is 5.26 Å². The predicted molar refractivity (Wildman–Crippen MR) is 28.7 cm³/mol. The van der Waals surface area contributed by atoms with Gasteiger partial charge in [-0.1, -0.05) is 0 Å². The number of aldehydes is 1. The van der Waals surface area contributed by atoms with Crippen molar-refractivity contribution in [3.63, 3.8) is 0 Å². The molecule has 1 N–H and O–H groups in total. The summed E-state index contributed by atoms with van der Waals surface area (Å²) in [5.74, 6) is 0. The summed E-state index contributed by atoms with van der Waals surface area (Å²) in [4.78, 5) is 10.0. The van der Waals surface area contributed by atoms with Crippen LogP contribution in [0.25, 0.3) is 0 Å². The quantitative estimate of drug-likeness (QED) is 0.535. The lowest BCUT2D eigenvalue weighted by Gasteiger charge is -1.75. The summed E-state index contributed by atoms with van der Waals surface area (Å²) in [7, 11) is 0. The standard InChI is InChI=1S/C5H3N3O/c6-1-4-2-7-8-5(4)3-9/h2-3H,(H,7,8). The largest absolute Gasteiger partial charge is 0.296 e. The molecule has 0 aliphatic heterocycles. The van der Waals surface area contributed by atoms with Gasteiger partial charge in [0.2, 0.25) is 0 Å². The molecule has 4 nitrogen and oxygen atoms in total. The van der Waals surface area contributed by atoms with Crippen molar-refractivity contribution in [1.82, 2.24) is 10.2 Å². The van der Waals surface area contributed by atoms with Crippen molar-refractivity contribution in [1.29, 1.82) is 5.26 Å². The Morgan fingerprint density at radius 1 is 1.89 bits per heavy atom. The second kappa shape index (κ2) is 2.09. The summed E-state index contributed by atoms with van der Waals surface area (Å²) in [6, 6.07) is 1.80. The number of hydrogen-bond donors (Lipinski definition) is 1. The molecule has 1 aromatic rings. The molecule has 0 saturated carbocycles. The van der Waals surface area contributed by atoms with E-state index in [2.05, 4.69) is 10.2 Å². The molecule has 4 heteroatoms. The molecule has 0 saturated heterocycles. The van der Waals surface area contributed by atoms with Crippen molar-refractivity contribution in [2.24, 2.45) is 0 Å². The summed E-state index contributed by atoms with van der Waals surface area (Å²) in [6.45, 7) is 0. The van der Waals surface area contributed by atoms with Crippen molar-refractivity contribution < 1.29 is 4.79 Å². The second-order valence-corrected chi connectivity index (χ2v) is 1.43. The van der Waals surface area contributed by atoms with E-state index in [0.29, 0.717) is 6.29 Å². The third-order valence-corrected chi connectivity index (χ3v) is 0.907. The van der Waals surface area contributed by atoms with Gasteiger partial charge in [-0.3, -0.25) is 9.89 Å². The summed E-state index contributed by atoms with van der Waals surface area (Å²) in [6.07, 6.45) is 1.87. The Labute approximate surface area is 51.1 Å². The molecule has 0 fully saturated rings. The molecule has 0 bridgehead atoms. The van der Waals surface area contributed by atoms with E-state index in [1.54, 1.807) is 6.07 Å². The van der Waals surface area contributed by atoms with Gasteiger partial charge in [0.15, 0.2) is 6.29 Å². The minimum atomic E-state index is 0.234. The molecular weight excluding hydrogens is 118 g/mol. The summed E-state index contributed by atoms with van der Waals surface area (Å²) >= 11 is 0. The lowest BCUT2D eigenvalue weighted by atomic mass is 10.3. The summed E-state index contributed by atoms with van der Waals surface area (Å²) in [5, 5.41) is 14.1. The molecule has 0 spiro atoms. The van der Waals surface area contributed by atoms with Crippen LogP contribution in [0, 0.1) is 11.3 Å². The second-order valence-electron chi connectivity index (χ2n) is 1.43. The van der Waals surface area contributed by atoms with Gasteiger partial charge in [-0.15, -0.1) is 0 Å². The van der Waals surface area contributed by atoms with E-state index in [1.165, 1.54) is 6.20 Å². The van der Waals surface area contributed by atoms with Crippen molar-refractivity contribution in [2.45, 2.75) is 0 Å². The minimum absolute atomic E-state index is 0.234. The molecule has 1 aromatic heterocycles. The van der Waals surface area contributed by atoms with Gasteiger partial charge >= 0.3 is 0 Å². The van der Waals surface area contributed by atoms with Gasteiger partial charge in [-0.25, -0.2) is 0 Å². The average Bonchev–Trinajstić information content (AvgIpc) is 2.33. The molecule has 0 aliphatic carbocycles. The number of nitrogens with one attached hydrogen (secondary N) is 1. The molecular formula is C5H3N3O. The molecule has 44 valence electrons. The maximum Gasteiger partial charge on any atom is 0.169 e. The first-order valence-electron chi connectivity index (χ1n) is 2.27. The highest BCUT2D eigenvalue weighted by atomic mass is 16.1. The van der Waals surface area contributed by atoms with Gasteiger partial charge in [0.05, 0.1) is 6.20 Å². The van der Waals surface area contributed by atoms with Crippen LogP contribution in [0.1, 0.15) is 16.1 Å². The molecule has 0 aliphatic rings. The highest BCUT2D eigenvalue weighted by Gasteiger charge is 1.99. The van der Waals surface area contributed by atoms with Crippen LogP contribution in [0.3, 0.4) is 0 Å². The third-order valence-electron chi connectivity index (χ3n) is 0.907. The molecule has 9 heavy (non-hydrogen) atoms. The first-order chi connectivity index (χ1) is 4.38. The number of rotatable bonds is 1. The van der Waals surface area contributed by atoms with Gasteiger partial charge < -0.3 is 0 Å². The normalized spacial score (nSPS) is 8.33. The van der Waals surface area contributed by atoms with Gasteiger partial charge in [-0.05, 0) is 0 Å². The fraction of sp³-hybridized carbons (Fsp3) is 0. The predicted octanol–water partition coefficient (Wildman–Crippen LogP) is 0.0939. The number of aromatic amines is 1. The van der Waals surface area contributed by atoms with Gasteiger partial charge in [0.1, 0.15) is 17.3 Å². The highest BCUT2D eigenvalue weighted by Crippen LogP contribution is 1.96. The average molecular weight is 121 g/mol. The molecule has 0 radical (unpaired) electrons. The highest BCUT2D eigenvalue weighted by molar-refractivity contribution is 5.75. The van der Waals surface area contributed by atoms with Crippen molar-refractivity contribution in [3.05, 3.63) is 17.5 Å². The van der Waals surface area contributed by atoms with Crippen molar-refractivity contribution in [3.8, 4) is 6.07 Å². The minimum Gasteiger partial charge on any atom is -0.296 e. The monoisotopic (exact) mass is 121 g/mol. The molecule has 0 unspecified atom stereocenters. The molecule has 0 aromatic carbocycles. The van der Waals surface area contributed by atoms with Crippen LogP contribution < -0.4 is 0 Å². The van der Waals surface area contributed by atoms with Gasteiger partial charge in [0.25, 0.3) is 0 Å². The van der Waals surface area contributed by atoms with E-state index in [0.717, 1.165) is 0 Å². The lowest BCUT2D eigenvalue weighted by Crippen LogP contribution is -1.81. The van der Waals surface area contributed by atoms with E-state index in [9.17, 15) is 4.79 Å². The Hall–Kier alpha value is -1.63. The number of aromatic nitrogens is 2. The van der Waals surface area contributed by atoms with Gasteiger partial charge in [-0.2, -0.15) is 10.4 Å². The van der Waals surface area contributed by atoms with Crippen LogP contribution in [0.5, 0.6) is 0 Å². The zero-order chi connectivity index (χ0) is 6.69. The molecule has 1 heterocycles. The van der Waals surface area contributed by atoms with Crippen molar-refractivity contribution >= 4 is 6.29 Å². The first kappa shape index (κ1) is 5.51. The number of nitrogens with zero attached hydrogens (tertiary/aromatic N) is 2. The molecule has 0 amide bonds. The Kier molecular flexibility index (Phi) is 1.28. The Bertz CT molecular complexity index is 257. The summed E-state index contributed by atoms with van der Waals surface area (Å²) < 4.78 is 0. The topological polar surface area (TPSA) is 69.5 Å². The SMILES string of the molecule is N#Cc1cn[nH]c1C=O. The number of hydrogen-bond acceptors (Lipinski definition) is 3. The van der Waals surface area contributed by atoms with Crippen molar-refractivity contribution in [2.75, 3.05) is 0 Å². The number of carbonyl (C=O) groups is 1. The Morgan fingerprint density at radius 2 is 2.67 bits per heavy atom. The van der Waals surface area contributed by atoms with Crippen LogP contribution in [-0.2, 0) is 0 Å². The number of nitriles is 1. The Balaban J connectivity index is 3.17. The van der Waals surface area contributed by atoms with Gasteiger partial charge in [0, 0.05) is 0 Å². The maximum atomic E-state index is 10.0. The van der Waals surface area contributed by atoms with Crippen LogP contribution >= 0.6 is 0 Å². The summed E-state index contributed by atoms with van der Waals surface area (Å²) in [5.41, 5.74) is 0.516. The number of H-pyrrole nitrogens is 1. The van der Waals surface area contributed by atoms with Crippen LogP contribution in [0.15, 0.2) is 6.20 Å². The first-order valence-corrected chi connectivity index (χ1v) is 2.27.